The first-order valence-corrected chi connectivity index (χ1v) is 7.09. The van der Waals surface area contributed by atoms with Crippen LogP contribution in [-0.4, -0.2) is 18.5 Å². The molecule has 98 valence electrons. The van der Waals surface area contributed by atoms with E-state index in [0.717, 1.165) is 23.0 Å². The van der Waals surface area contributed by atoms with Gasteiger partial charge >= 0.3 is 0 Å². The van der Waals surface area contributed by atoms with Crippen LogP contribution in [0, 0.1) is 0 Å². The van der Waals surface area contributed by atoms with Crippen molar-refractivity contribution in [1.29, 1.82) is 0 Å². The van der Waals surface area contributed by atoms with Gasteiger partial charge in [0.1, 0.15) is 0 Å². The number of unbranched alkanes of at least 4 members (excludes halogenated alkanes) is 1. The first kappa shape index (κ1) is 16.9. The summed E-state index contributed by atoms with van der Waals surface area (Å²) >= 11 is 4.85. The van der Waals surface area contributed by atoms with Crippen LogP contribution >= 0.6 is 39.7 Å². The molecule has 1 heterocycles. The molecule has 0 spiro atoms. The maximum absolute atomic E-state index is 11.8. The molecule has 3 N–H and O–H groups in total. The fraction of sp³-hybridized carbons (Fsp3) is 0.545. The number of nitrogens with two attached hydrogens (primary N) is 1. The van der Waals surface area contributed by atoms with E-state index < -0.39 is 0 Å². The first-order chi connectivity index (χ1) is 7.67. The summed E-state index contributed by atoms with van der Waals surface area (Å²) in [6.07, 6.45) is 3.16. The first-order valence-electron chi connectivity index (χ1n) is 5.42. The molecule has 0 saturated heterocycles. The van der Waals surface area contributed by atoms with E-state index in [9.17, 15) is 4.79 Å². The van der Waals surface area contributed by atoms with Crippen LogP contribution in [0.2, 0.25) is 0 Å². The molecule has 6 heteroatoms. The van der Waals surface area contributed by atoms with Crippen molar-refractivity contribution in [3.63, 3.8) is 0 Å². The van der Waals surface area contributed by atoms with E-state index in [2.05, 4.69) is 28.2 Å². The number of rotatable bonds is 6. The summed E-state index contributed by atoms with van der Waals surface area (Å²) in [5.41, 5.74) is 6.32. The van der Waals surface area contributed by atoms with Crippen molar-refractivity contribution < 1.29 is 4.79 Å². The van der Waals surface area contributed by atoms with Gasteiger partial charge in [0, 0.05) is 18.0 Å². The van der Waals surface area contributed by atoms with Crippen LogP contribution in [-0.2, 0) is 0 Å². The minimum atomic E-state index is -0.0338. The third-order valence-electron chi connectivity index (χ3n) is 2.36. The average molecular weight is 342 g/mol. The zero-order valence-corrected chi connectivity index (χ0v) is 13.0. The number of nitrogens with one attached hydrogen (secondary N) is 1. The number of thiophene rings is 1. The predicted octanol–water partition coefficient (Wildman–Crippen LogP) is 3.18. The molecule has 0 saturated carbocycles. The van der Waals surface area contributed by atoms with Crippen LogP contribution < -0.4 is 11.1 Å². The minimum Gasteiger partial charge on any atom is -0.348 e. The van der Waals surface area contributed by atoms with Gasteiger partial charge in [-0.1, -0.05) is 19.8 Å². The fourth-order valence-corrected chi connectivity index (χ4v) is 2.53. The Kier molecular flexibility index (Phi) is 8.86. The van der Waals surface area contributed by atoms with Gasteiger partial charge in [0.05, 0.1) is 9.35 Å². The SMILES string of the molecule is CCCCC(CN)NC(=O)c1csc(Br)c1.Cl. The number of amides is 1. The van der Waals surface area contributed by atoms with E-state index >= 15 is 0 Å². The zero-order chi connectivity index (χ0) is 12.0. The third kappa shape index (κ3) is 5.86. The molecular formula is C11H18BrClN2OS. The summed E-state index contributed by atoms with van der Waals surface area (Å²) in [7, 11) is 0. The monoisotopic (exact) mass is 340 g/mol. The quantitative estimate of drug-likeness (QED) is 0.835. The maximum atomic E-state index is 11.8. The summed E-state index contributed by atoms with van der Waals surface area (Å²) in [5, 5.41) is 4.79. The second-order valence-corrected chi connectivity index (χ2v) is 5.98. The lowest BCUT2D eigenvalue weighted by Crippen LogP contribution is -2.40. The lowest BCUT2D eigenvalue weighted by Gasteiger charge is -2.15. The molecule has 3 nitrogen and oxygen atoms in total. The van der Waals surface area contributed by atoms with Crippen LogP contribution in [0.4, 0.5) is 0 Å². The highest BCUT2D eigenvalue weighted by Crippen LogP contribution is 2.20. The van der Waals surface area contributed by atoms with E-state index in [0.29, 0.717) is 12.1 Å². The van der Waals surface area contributed by atoms with Gasteiger partial charge in [0.25, 0.3) is 5.91 Å². The predicted molar refractivity (Wildman–Crippen MR) is 79.1 cm³/mol. The molecule has 1 atom stereocenters. The summed E-state index contributed by atoms with van der Waals surface area (Å²) < 4.78 is 0.968. The van der Waals surface area contributed by atoms with Gasteiger partial charge in [0.15, 0.2) is 0 Å². The van der Waals surface area contributed by atoms with Crippen molar-refractivity contribution in [2.24, 2.45) is 5.73 Å². The number of carbonyl (C=O) groups excluding carboxylic acids is 1. The molecular weight excluding hydrogens is 324 g/mol. The van der Waals surface area contributed by atoms with Gasteiger partial charge in [-0.25, -0.2) is 0 Å². The highest BCUT2D eigenvalue weighted by atomic mass is 79.9. The van der Waals surface area contributed by atoms with E-state index in [4.69, 9.17) is 5.73 Å². The number of halogens is 2. The Labute approximate surface area is 121 Å². The molecule has 0 aliphatic rings. The van der Waals surface area contributed by atoms with Crippen molar-refractivity contribution in [3.8, 4) is 0 Å². The molecule has 1 aromatic rings. The normalized spacial score (nSPS) is 11.7. The van der Waals surface area contributed by atoms with Crippen molar-refractivity contribution in [3.05, 3.63) is 20.8 Å². The molecule has 0 aromatic carbocycles. The third-order valence-corrected chi connectivity index (χ3v) is 3.86. The number of hydrogen-bond acceptors (Lipinski definition) is 3. The van der Waals surface area contributed by atoms with Crippen LogP contribution in [0.1, 0.15) is 36.5 Å². The van der Waals surface area contributed by atoms with Crippen LogP contribution in [0.15, 0.2) is 15.2 Å². The van der Waals surface area contributed by atoms with Gasteiger partial charge in [-0.15, -0.1) is 23.7 Å². The average Bonchev–Trinajstić information content (AvgIpc) is 2.70. The van der Waals surface area contributed by atoms with Gasteiger partial charge < -0.3 is 11.1 Å². The fourth-order valence-electron chi connectivity index (χ4n) is 1.40. The van der Waals surface area contributed by atoms with Crippen LogP contribution in [0.25, 0.3) is 0 Å². The Bertz CT molecular complexity index is 346. The molecule has 1 rings (SSSR count). The summed E-state index contributed by atoms with van der Waals surface area (Å²) in [4.78, 5) is 11.8. The molecule has 0 bridgehead atoms. The van der Waals surface area contributed by atoms with Crippen molar-refractivity contribution >= 4 is 45.6 Å². The van der Waals surface area contributed by atoms with E-state index in [-0.39, 0.29) is 24.4 Å². The Morgan fingerprint density at radius 3 is 2.82 bits per heavy atom. The highest BCUT2D eigenvalue weighted by molar-refractivity contribution is 9.11. The summed E-state index contributed by atoms with van der Waals surface area (Å²) in [6, 6.07) is 1.92. The number of hydrogen-bond donors (Lipinski definition) is 2. The summed E-state index contributed by atoms with van der Waals surface area (Å²) in [6.45, 7) is 2.63. The smallest absolute Gasteiger partial charge is 0.252 e. The molecule has 1 amide bonds. The number of carbonyl (C=O) groups is 1. The topological polar surface area (TPSA) is 55.1 Å². The molecule has 1 unspecified atom stereocenters. The highest BCUT2D eigenvalue weighted by Gasteiger charge is 2.12. The molecule has 0 fully saturated rings. The Morgan fingerprint density at radius 1 is 1.65 bits per heavy atom. The Balaban J connectivity index is 0.00000256. The molecule has 0 aliphatic carbocycles. The maximum Gasteiger partial charge on any atom is 0.252 e. The lowest BCUT2D eigenvalue weighted by molar-refractivity contribution is 0.0936. The van der Waals surface area contributed by atoms with Crippen molar-refractivity contribution in [2.75, 3.05) is 6.54 Å². The molecule has 0 radical (unpaired) electrons. The van der Waals surface area contributed by atoms with Crippen LogP contribution in [0.5, 0.6) is 0 Å². The second-order valence-electron chi connectivity index (χ2n) is 3.69. The lowest BCUT2D eigenvalue weighted by atomic mass is 10.1. The van der Waals surface area contributed by atoms with E-state index in [1.54, 1.807) is 0 Å². The second kappa shape index (κ2) is 8.91. The van der Waals surface area contributed by atoms with E-state index in [1.165, 1.54) is 11.3 Å². The Hall–Kier alpha value is -0.100. The zero-order valence-electron chi connectivity index (χ0n) is 9.74. The van der Waals surface area contributed by atoms with Gasteiger partial charge in [0.2, 0.25) is 0 Å². The van der Waals surface area contributed by atoms with Crippen molar-refractivity contribution in [1.82, 2.24) is 5.32 Å². The largest absolute Gasteiger partial charge is 0.348 e. The minimum absolute atomic E-state index is 0. The molecule has 17 heavy (non-hydrogen) atoms. The van der Waals surface area contributed by atoms with Crippen molar-refractivity contribution in [2.45, 2.75) is 32.2 Å². The van der Waals surface area contributed by atoms with Gasteiger partial charge in [-0.05, 0) is 28.4 Å². The summed E-state index contributed by atoms with van der Waals surface area (Å²) in [5.74, 6) is -0.0338. The Morgan fingerprint density at radius 2 is 2.35 bits per heavy atom. The molecule has 0 aliphatic heterocycles. The van der Waals surface area contributed by atoms with Gasteiger partial charge in [-0.3, -0.25) is 4.79 Å². The standard InChI is InChI=1S/C11H17BrN2OS.ClH/c1-2-3-4-9(6-13)14-11(15)8-5-10(12)16-7-8;/h5,7,9H,2-4,6,13H2,1H3,(H,14,15);1H. The van der Waals surface area contributed by atoms with Crippen LogP contribution in [0.3, 0.4) is 0 Å². The van der Waals surface area contributed by atoms with Gasteiger partial charge in [-0.2, -0.15) is 0 Å². The molecule has 1 aromatic heterocycles. The van der Waals surface area contributed by atoms with E-state index in [1.807, 2.05) is 11.4 Å².